The summed E-state index contributed by atoms with van der Waals surface area (Å²) >= 11 is 0. The Kier molecular flexibility index (Phi) is 2.76. The van der Waals surface area contributed by atoms with Crippen molar-refractivity contribution in [1.29, 1.82) is 0 Å². The van der Waals surface area contributed by atoms with Gasteiger partial charge in [0.05, 0.1) is 0 Å². The highest BCUT2D eigenvalue weighted by atomic mass is 16.3. The van der Waals surface area contributed by atoms with E-state index in [-0.39, 0.29) is 0 Å². The van der Waals surface area contributed by atoms with E-state index in [9.17, 15) is 4.79 Å². The van der Waals surface area contributed by atoms with Gasteiger partial charge >= 0.3 is 0 Å². The second-order valence-electron chi connectivity index (χ2n) is 2.40. The Labute approximate surface area is 70.3 Å². The molecule has 4 nitrogen and oxygen atoms in total. The van der Waals surface area contributed by atoms with Crippen LogP contribution < -0.4 is 5.32 Å². The molecule has 0 aliphatic rings. The molecule has 1 rings (SSSR count). The normalized spacial score (nSPS) is 12.2. The number of hydrogen-bond donors (Lipinski definition) is 2. The van der Waals surface area contributed by atoms with E-state index in [2.05, 4.69) is 10.3 Å². The summed E-state index contributed by atoms with van der Waals surface area (Å²) in [6.45, 7) is 1.41. The highest BCUT2D eigenvalue weighted by Crippen LogP contribution is 2.03. The van der Waals surface area contributed by atoms with Crippen LogP contribution >= 0.6 is 0 Å². The molecule has 1 atom stereocenters. The molecule has 0 aliphatic heterocycles. The number of aliphatic hydroxyl groups is 1. The molecule has 1 aromatic heterocycles. The number of carbonyl (C=O) groups is 1. The Morgan fingerprint density at radius 1 is 1.58 bits per heavy atom. The van der Waals surface area contributed by atoms with Crippen molar-refractivity contribution < 1.29 is 9.90 Å². The van der Waals surface area contributed by atoms with Crippen LogP contribution in [-0.2, 0) is 4.79 Å². The molecule has 0 bridgehead atoms. The van der Waals surface area contributed by atoms with Crippen LogP contribution in [0.3, 0.4) is 0 Å². The lowest BCUT2D eigenvalue weighted by Gasteiger charge is -2.05. The molecule has 0 saturated carbocycles. The molecule has 12 heavy (non-hydrogen) atoms. The Balaban J connectivity index is 2.59. The van der Waals surface area contributed by atoms with Crippen molar-refractivity contribution in [2.45, 2.75) is 13.0 Å². The minimum absolute atomic E-state index is 0.416. The lowest BCUT2D eigenvalue weighted by molar-refractivity contribution is -0.123. The SMILES string of the molecule is CC(O)C(=O)Nc1ccncc1. The first-order valence-electron chi connectivity index (χ1n) is 3.59. The van der Waals surface area contributed by atoms with E-state index in [0.29, 0.717) is 5.69 Å². The van der Waals surface area contributed by atoms with Crippen molar-refractivity contribution in [3.05, 3.63) is 24.5 Å². The number of nitrogens with zero attached hydrogens (tertiary/aromatic N) is 1. The van der Waals surface area contributed by atoms with Crippen LogP contribution in [0.2, 0.25) is 0 Å². The fourth-order valence-electron chi connectivity index (χ4n) is 0.682. The molecule has 1 aromatic rings. The van der Waals surface area contributed by atoms with E-state index in [4.69, 9.17) is 5.11 Å². The molecule has 0 aliphatic carbocycles. The van der Waals surface area contributed by atoms with Crippen LogP contribution in [0.25, 0.3) is 0 Å². The molecule has 0 fully saturated rings. The maximum absolute atomic E-state index is 10.9. The third-order valence-corrected chi connectivity index (χ3v) is 1.33. The van der Waals surface area contributed by atoms with E-state index in [1.165, 1.54) is 6.92 Å². The van der Waals surface area contributed by atoms with E-state index in [0.717, 1.165) is 0 Å². The molecule has 0 spiro atoms. The number of carbonyl (C=O) groups excluding carboxylic acids is 1. The molecule has 0 radical (unpaired) electrons. The quantitative estimate of drug-likeness (QED) is 0.668. The second kappa shape index (κ2) is 3.82. The van der Waals surface area contributed by atoms with Crippen molar-refractivity contribution in [1.82, 2.24) is 4.98 Å². The lowest BCUT2D eigenvalue weighted by atomic mass is 10.3. The number of aromatic nitrogens is 1. The van der Waals surface area contributed by atoms with Gasteiger partial charge in [0, 0.05) is 18.1 Å². The van der Waals surface area contributed by atoms with Crippen molar-refractivity contribution in [2.24, 2.45) is 0 Å². The Bertz CT molecular complexity index is 259. The van der Waals surface area contributed by atoms with Crippen LogP contribution in [0.1, 0.15) is 6.92 Å². The Hall–Kier alpha value is -1.42. The van der Waals surface area contributed by atoms with Gasteiger partial charge in [-0.15, -0.1) is 0 Å². The monoisotopic (exact) mass is 166 g/mol. The molecule has 0 aromatic carbocycles. The van der Waals surface area contributed by atoms with Gasteiger partial charge in [-0.05, 0) is 19.1 Å². The fourth-order valence-corrected chi connectivity index (χ4v) is 0.682. The number of pyridine rings is 1. The van der Waals surface area contributed by atoms with Crippen LogP contribution in [0.15, 0.2) is 24.5 Å². The molecule has 2 N–H and O–H groups in total. The predicted octanol–water partition coefficient (Wildman–Crippen LogP) is 0.401. The molecule has 1 amide bonds. The maximum Gasteiger partial charge on any atom is 0.252 e. The first-order valence-corrected chi connectivity index (χ1v) is 3.59. The van der Waals surface area contributed by atoms with Crippen molar-refractivity contribution in [3.63, 3.8) is 0 Å². The van der Waals surface area contributed by atoms with Crippen molar-refractivity contribution in [3.8, 4) is 0 Å². The largest absolute Gasteiger partial charge is 0.384 e. The minimum atomic E-state index is -0.988. The number of amides is 1. The Morgan fingerprint density at radius 3 is 2.67 bits per heavy atom. The molecular formula is C8H10N2O2. The fraction of sp³-hybridized carbons (Fsp3) is 0.250. The lowest BCUT2D eigenvalue weighted by Crippen LogP contribution is -2.24. The topological polar surface area (TPSA) is 62.2 Å². The zero-order chi connectivity index (χ0) is 8.97. The highest BCUT2D eigenvalue weighted by Gasteiger charge is 2.07. The number of nitrogens with one attached hydrogen (secondary N) is 1. The predicted molar refractivity (Wildman–Crippen MR) is 44.5 cm³/mol. The zero-order valence-corrected chi connectivity index (χ0v) is 6.69. The van der Waals surface area contributed by atoms with Gasteiger partial charge in [-0.1, -0.05) is 0 Å². The van der Waals surface area contributed by atoms with Crippen LogP contribution in [0.4, 0.5) is 5.69 Å². The molecule has 4 heteroatoms. The van der Waals surface area contributed by atoms with Gasteiger partial charge in [0.2, 0.25) is 0 Å². The average Bonchev–Trinajstić information content (AvgIpc) is 2.06. The third-order valence-electron chi connectivity index (χ3n) is 1.33. The van der Waals surface area contributed by atoms with Gasteiger partial charge in [-0.3, -0.25) is 9.78 Å². The summed E-state index contributed by atoms with van der Waals surface area (Å²) in [5, 5.41) is 11.4. The van der Waals surface area contributed by atoms with Gasteiger partial charge in [0.25, 0.3) is 5.91 Å². The first kappa shape index (κ1) is 8.67. The second-order valence-corrected chi connectivity index (χ2v) is 2.40. The molecule has 0 saturated heterocycles. The maximum atomic E-state index is 10.9. The van der Waals surface area contributed by atoms with Gasteiger partial charge < -0.3 is 10.4 Å². The van der Waals surface area contributed by atoms with E-state index in [1.807, 2.05) is 0 Å². The molecule has 1 unspecified atom stereocenters. The van der Waals surface area contributed by atoms with Crippen LogP contribution in [0, 0.1) is 0 Å². The first-order chi connectivity index (χ1) is 5.70. The average molecular weight is 166 g/mol. The van der Waals surface area contributed by atoms with E-state index >= 15 is 0 Å². The third kappa shape index (κ3) is 2.32. The summed E-state index contributed by atoms with van der Waals surface area (Å²) in [5.74, 6) is -0.416. The van der Waals surface area contributed by atoms with E-state index in [1.54, 1.807) is 24.5 Å². The van der Waals surface area contributed by atoms with Gasteiger partial charge in [0.1, 0.15) is 6.10 Å². The highest BCUT2D eigenvalue weighted by molar-refractivity contribution is 5.93. The standard InChI is InChI=1S/C8H10N2O2/c1-6(11)8(12)10-7-2-4-9-5-3-7/h2-6,11H,1H3,(H,9,10,12). The van der Waals surface area contributed by atoms with Crippen molar-refractivity contribution >= 4 is 11.6 Å². The molecule has 64 valence electrons. The summed E-state index contributed by atoms with van der Waals surface area (Å²) in [6.07, 6.45) is 2.15. The number of aliphatic hydroxyl groups excluding tert-OH is 1. The number of hydrogen-bond acceptors (Lipinski definition) is 3. The zero-order valence-electron chi connectivity index (χ0n) is 6.69. The van der Waals surface area contributed by atoms with Gasteiger partial charge in [-0.25, -0.2) is 0 Å². The Morgan fingerprint density at radius 2 is 2.17 bits per heavy atom. The number of anilines is 1. The van der Waals surface area contributed by atoms with Crippen LogP contribution in [-0.4, -0.2) is 22.1 Å². The minimum Gasteiger partial charge on any atom is -0.384 e. The summed E-state index contributed by atoms with van der Waals surface area (Å²) in [4.78, 5) is 14.7. The van der Waals surface area contributed by atoms with Crippen molar-refractivity contribution in [2.75, 3.05) is 5.32 Å². The smallest absolute Gasteiger partial charge is 0.252 e. The van der Waals surface area contributed by atoms with E-state index < -0.39 is 12.0 Å². The van der Waals surface area contributed by atoms with Gasteiger partial charge in [0.15, 0.2) is 0 Å². The molecular weight excluding hydrogens is 156 g/mol. The molecule has 1 heterocycles. The van der Waals surface area contributed by atoms with Gasteiger partial charge in [-0.2, -0.15) is 0 Å². The van der Waals surface area contributed by atoms with Crippen LogP contribution in [0.5, 0.6) is 0 Å². The summed E-state index contributed by atoms with van der Waals surface area (Å²) in [5.41, 5.74) is 0.635. The summed E-state index contributed by atoms with van der Waals surface area (Å²) < 4.78 is 0. The summed E-state index contributed by atoms with van der Waals surface area (Å²) in [7, 11) is 0. The number of rotatable bonds is 2. The summed E-state index contributed by atoms with van der Waals surface area (Å²) in [6, 6.07) is 3.31.